The van der Waals surface area contributed by atoms with Crippen LogP contribution >= 0.6 is 0 Å². The van der Waals surface area contributed by atoms with Crippen molar-refractivity contribution in [1.29, 1.82) is 5.26 Å². The molecule has 0 radical (unpaired) electrons. The van der Waals surface area contributed by atoms with Crippen LogP contribution in [0.25, 0.3) is 11.1 Å². The molecule has 0 spiro atoms. The number of benzene rings is 2. The maximum absolute atomic E-state index is 12.6. The summed E-state index contributed by atoms with van der Waals surface area (Å²) >= 11 is 0. The molecular weight excluding hydrogens is 409 g/mol. The summed E-state index contributed by atoms with van der Waals surface area (Å²) in [4.78, 5) is 16.8. The number of halogens is 3. The number of aromatic nitrogens is 1. The summed E-state index contributed by atoms with van der Waals surface area (Å²) in [5, 5.41) is 14.5. The Morgan fingerprint density at radius 3 is 2.32 bits per heavy atom. The summed E-state index contributed by atoms with van der Waals surface area (Å²) < 4.78 is 40.9. The standard InChI is InChI=1S/C22H17F3N4O2/c1-27-20-11-17(16-6-8-18(9-7-16)31-22(23,24)25)10-19(29-20)21(30)28-13-15-4-2-14(12-26)3-5-15/h2-11H,13H2,1H3,(H,27,29)(H,28,30). The molecule has 1 heterocycles. The molecular formula is C22H17F3N4O2. The second-order valence-corrected chi connectivity index (χ2v) is 6.44. The highest BCUT2D eigenvalue weighted by Crippen LogP contribution is 2.28. The van der Waals surface area contributed by atoms with Crippen LogP contribution < -0.4 is 15.4 Å². The Hall–Kier alpha value is -4.06. The van der Waals surface area contributed by atoms with Crippen molar-refractivity contribution in [3.8, 4) is 22.9 Å². The summed E-state index contributed by atoms with van der Waals surface area (Å²) in [7, 11) is 1.64. The Morgan fingerprint density at radius 2 is 1.74 bits per heavy atom. The van der Waals surface area contributed by atoms with E-state index in [0.29, 0.717) is 22.5 Å². The molecule has 3 rings (SSSR count). The average molecular weight is 426 g/mol. The van der Waals surface area contributed by atoms with Crippen LogP contribution in [0.3, 0.4) is 0 Å². The summed E-state index contributed by atoms with van der Waals surface area (Å²) in [6.45, 7) is 0.245. The fraction of sp³-hybridized carbons (Fsp3) is 0.136. The lowest BCUT2D eigenvalue weighted by Crippen LogP contribution is -2.24. The zero-order valence-electron chi connectivity index (χ0n) is 16.3. The van der Waals surface area contributed by atoms with Gasteiger partial charge in [0.2, 0.25) is 0 Å². The highest BCUT2D eigenvalue weighted by Gasteiger charge is 2.31. The smallest absolute Gasteiger partial charge is 0.406 e. The fourth-order valence-electron chi connectivity index (χ4n) is 2.76. The van der Waals surface area contributed by atoms with Gasteiger partial charge >= 0.3 is 6.36 Å². The Kier molecular flexibility index (Phi) is 6.40. The van der Waals surface area contributed by atoms with E-state index >= 15 is 0 Å². The Morgan fingerprint density at radius 1 is 1.06 bits per heavy atom. The summed E-state index contributed by atoms with van der Waals surface area (Å²) in [6.07, 6.45) is -4.77. The van der Waals surface area contributed by atoms with Crippen molar-refractivity contribution in [1.82, 2.24) is 10.3 Å². The number of hydrogen-bond acceptors (Lipinski definition) is 5. The maximum Gasteiger partial charge on any atom is 0.573 e. The van der Waals surface area contributed by atoms with Crippen LogP contribution in [-0.4, -0.2) is 24.3 Å². The van der Waals surface area contributed by atoms with Gasteiger partial charge in [0, 0.05) is 13.6 Å². The summed E-state index contributed by atoms with van der Waals surface area (Å²) in [5.74, 6) is -0.323. The first-order valence-electron chi connectivity index (χ1n) is 9.10. The molecule has 0 fully saturated rings. The minimum absolute atomic E-state index is 0.145. The van der Waals surface area contributed by atoms with Crippen LogP contribution in [-0.2, 0) is 6.54 Å². The molecule has 0 aliphatic heterocycles. The molecule has 0 saturated heterocycles. The normalized spacial score (nSPS) is 10.8. The highest BCUT2D eigenvalue weighted by molar-refractivity contribution is 5.94. The third kappa shape index (κ3) is 5.96. The van der Waals surface area contributed by atoms with Gasteiger partial charge in [0.1, 0.15) is 17.3 Å². The third-order valence-corrected chi connectivity index (χ3v) is 4.27. The predicted octanol–water partition coefficient (Wildman–Crippen LogP) is 4.49. The van der Waals surface area contributed by atoms with Crippen molar-refractivity contribution in [2.45, 2.75) is 12.9 Å². The van der Waals surface area contributed by atoms with Gasteiger partial charge in [-0.1, -0.05) is 24.3 Å². The Bertz CT molecular complexity index is 1110. The molecule has 0 aliphatic carbocycles. The summed E-state index contributed by atoms with van der Waals surface area (Å²) in [6, 6.07) is 17.4. The van der Waals surface area contributed by atoms with E-state index in [4.69, 9.17) is 5.26 Å². The molecule has 0 unspecified atom stereocenters. The van der Waals surface area contributed by atoms with E-state index in [2.05, 4.69) is 20.4 Å². The molecule has 3 aromatic rings. The number of pyridine rings is 1. The average Bonchev–Trinajstić information content (AvgIpc) is 2.76. The minimum atomic E-state index is -4.77. The van der Waals surface area contributed by atoms with E-state index in [1.807, 2.05) is 6.07 Å². The van der Waals surface area contributed by atoms with Gasteiger partial charge in [-0.25, -0.2) is 4.98 Å². The van der Waals surface area contributed by atoms with Gasteiger partial charge in [-0.15, -0.1) is 13.2 Å². The first-order valence-corrected chi connectivity index (χ1v) is 9.10. The van der Waals surface area contributed by atoms with Gasteiger partial charge in [-0.3, -0.25) is 4.79 Å². The van der Waals surface area contributed by atoms with Crippen LogP contribution in [0.5, 0.6) is 5.75 Å². The Labute approximate surface area is 176 Å². The first kappa shape index (κ1) is 21.6. The minimum Gasteiger partial charge on any atom is -0.406 e. The highest BCUT2D eigenvalue weighted by atomic mass is 19.4. The lowest BCUT2D eigenvalue weighted by atomic mass is 10.1. The molecule has 158 valence electrons. The molecule has 1 aromatic heterocycles. The van der Waals surface area contributed by atoms with Crippen molar-refractivity contribution in [3.63, 3.8) is 0 Å². The third-order valence-electron chi connectivity index (χ3n) is 4.27. The number of amides is 1. The van der Waals surface area contributed by atoms with E-state index in [9.17, 15) is 18.0 Å². The van der Waals surface area contributed by atoms with Gasteiger partial charge in [-0.2, -0.15) is 5.26 Å². The number of carbonyl (C=O) groups is 1. The first-order chi connectivity index (χ1) is 14.8. The number of nitrogens with zero attached hydrogens (tertiary/aromatic N) is 2. The van der Waals surface area contributed by atoms with Crippen LogP contribution in [0.1, 0.15) is 21.6 Å². The van der Waals surface area contributed by atoms with Gasteiger partial charge in [0.15, 0.2) is 0 Å². The lowest BCUT2D eigenvalue weighted by molar-refractivity contribution is -0.274. The number of nitriles is 1. The van der Waals surface area contributed by atoms with E-state index in [1.54, 1.807) is 43.4 Å². The second kappa shape index (κ2) is 9.17. The van der Waals surface area contributed by atoms with Crippen molar-refractivity contribution in [3.05, 3.63) is 77.5 Å². The van der Waals surface area contributed by atoms with Crippen molar-refractivity contribution >= 4 is 11.7 Å². The topological polar surface area (TPSA) is 87.0 Å². The molecule has 2 N–H and O–H groups in total. The largest absolute Gasteiger partial charge is 0.573 e. The second-order valence-electron chi connectivity index (χ2n) is 6.44. The van der Waals surface area contributed by atoms with Gasteiger partial charge in [0.05, 0.1) is 11.6 Å². The molecule has 2 aromatic carbocycles. The molecule has 1 amide bonds. The number of hydrogen-bond donors (Lipinski definition) is 2. The monoisotopic (exact) mass is 426 g/mol. The van der Waals surface area contributed by atoms with E-state index in [1.165, 1.54) is 24.3 Å². The quantitative estimate of drug-likeness (QED) is 0.607. The van der Waals surface area contributed by atoms with Crippen molar-refractivity contribution < 1.29 is 22.7 Å². The summed E-state index contributed by atoms with van der Waals surface area (Å²) in [5.41, 5.74) is 2.68. The number of anilines is 1. The molecule has 6 nitrogen and oxygen atoms in total. The van der Waals surface area contributed by atoms with Crippen LogP contribution in [0.15, 0.2) is 60.7 Å². The van der Waals surface area contributed by atoms with Gasteiger partial charge in [-0.05, 0) is 53.1 Å². The molecule has 9 heteroatoms. The van der Waals surface area contributed by atoms with Crippen LogP contribution in [0.2, 0.25) is 0 Å². The fourth-order valence-corrected chi connectivity index (χ4v) is 2.76. The number of nitrogens with one attached hydrogen (secondary N) is 2. The van der Waals surface area contributed by atoms with E-state index in [-0.39, 0.29) is 18.0 Å². The molecule has 0 atom stereocenters. The number of alkyl halides is 3. The number of ether oxygens (including phenoxy) is 1. The predicted molar refractivity (Wildman–Crippen MR) is 108 cm³/mol. The zero-order chi connectivity index (χ0) is 22.4. The molecule has 0 saturated carbocycles. The van der Waals surface area contributed by atoms with Crippen LogP contribution in [0, 0.1) is 11.3 Å². The van der Waals surface area contributed by atoms with E-state index < -0.39 is 12.3 Å². The van der Waals surface area contributed by atoms with Crippen LogP contribution in [0.4, 0.5) is 19.0 Å². The van der Waals surface area contributed by atoms with Crippen molar-refractivity contribution in [2.75, 3.05) is 12.4 Å². The van der Waals surface area contributed by atoms with Gasteiger partial charge < -0.3 is 15.4 Å². The maximum atomic E-state index is 12.6. The van der Waals surface area contributed by atoms with E-state index in [0.717, 1.165) is 5.56 Å². The van der Waals surface area contributed by atoms with Gasteiger partial charge in [0.25, 0.3) is 5.91 Å². The number of carbonyl (C=O) groups excluding carboxylic acids is 1. The van der Waals surface area contributed by atoms with Crippen molar-refractivity contribution in [2.24, 2.45) is 0 Å². The molecule has 0 bridgehead atoms. The lowest BCUT2D eigenvalue weighted by Gasteiger charge is -2.11. The molecule has 31 heavy (non-hydrogen) atoms. The number of rotatable bonds is 6. The SMILES string of the molecule is CNc1cc(-c2ccc(OC(F)(F)F)cc2)cc(C(=O)NCc2ccc(C#N)cc2)n1. The Balaban J connectivity index is 1.78. The molecule has 0 aliphatic rings. The zero-order valence-corrected chi connectivity index (χ0v) is 16.3.